The predicted molar refractivity (Wildman–Crippen MR) is 102 cm³/mol. The van der Waals surface area contributed by atoms with Crippen molar-refractivity contribution in [2.24, 2.45) is 0 Å². The second kappa shape index (κ2) is 7.97. The summed E-state index contributed by atoms with van der Waals surface area (Å²) in [6.45, 7) is 5.64. The lowest BCUT2D eigenvalue weighted by Gasteiger charge is -2.32. The SMILES string of the molecule is CC.O=C(c1ccc2nc[nH]c2c1)N1CCC(c2ccccc2)CC1. The molecule has 0 radical (unpaired) electrons. The number of H-pyrrole nitrogens is 1. The van der Waals surface area contributed by atoms with Crippen LogP contribution in [-0.4, -0.2) is 33.9 Å². The Bertz CT molecular complexity index is 817. The van der Waals surface area contributed by atoms with Gasteiger partial charge in [-0.25, -0.2) is 4.98 Å². The Morgan fingerprint density at radius 3 is 2.52 bits per heavy atom. The minimum absolute atomic E-state index is 0.119. The van der Waals surface area contributed by atoms with E-state index in [2.05, 4.69) is 34.2 Å². The molecule has 1 amide bonds. The standard InChI is InChI=1S/C19H19N3O.C2H6/c23-19(16-6-7-17-18(12-16)21-13-20-17)22-10-8-15(9-11-22)14-4-2-1-3-5-14;1-2/h1-7,12-13,15H,8-11H2,(H,20,21);1-2H3. The second-order valence-electron chi connectivity index (χ2n) is 6.11. The molecule has 1 saturated heterocycles. The lowest BCUT2D eigenvalue weighted by Crippen LogP contribution is -2.37. The Kier molecular flexibility index (Phi) is 5.49. The molecule has 0 atom stereocenters. The zero-order valence-corrected chi connectivity index (χ0v) is 14.9. The maximum Gasteiger partial charge on any atom is 0.253 e. The van der Waals surface area contributed by atoms with Gasteiger partial charge < -0.3 is 9.88 Å². The third-order valence-corrected chi connectivity index (χ3v) is 4.72. The van der Waals surface area contributed by atoms with Crippen LogP contribution in [-0.2, 0) is 0 Å². The summed E-state index contributed by atoms with van der Waals surface area (Å²) in [5.74, 6) is 0.684. The van der Waals surface area contributed by atoms with Gasteiger partial charge in [-0.1, -0.05) is 44.2 Å². The van der Waals surface area contributed by atoms with Gasteiger partial charge in [0.2, 0.25) is 0 Å². The van der Waals surface area contributed by atoms with E-state index in [9.17, 15) is 4.79 Å². The quantitative estimate of drug-likeness (QED) is 0.743. The number of fused-ring (bicyclic) bond motifs is 1. The van der Waals surface area contributed by atoms with Gasteiger partial charge in [-0.15, -0.1) is 0 Å². The van der Waals surface area contributed by atoms with Crippen LogP contribution in [0.2, 0.25) is 0 Å². The van der Waals surface area contributed by atoms with Crippen molar-refractivity contribution in [2.75, 3.05) is 13.1 Å². The molecule has 1 aromatic heterocycles. The number of hydrogen-bond donors (Lipinski definition) is 1. The Balaban J connectivity index is 0.000000880. The van der Waals surface area contributed by atoms with Gasteiger partial charge in [0.1, 0.15) is 0 Å². The molecule has 1 N–H and O–H groups in total. The van der Waals surface area contributed by atoms with E-state index in [0.717, 1.165) is 42.5 Å². The van der Waals surface area contributed by atoms with E-state index in [1.807, 2.05) is 43.0 Å². The van der Waals surface area contributed by atoms with Crippen molar-refractivity contribution in [1.29, 1.82) is 0 Å². The van der Waals surface area contributed by atoms with Crippen molar-refractivity contribution in [1.82, 2.24) is 14.9 Å². The number of aromatic amines is 1. The van der Waals surface area contributed by atoms with Crippen LogP contribution in [0.3, 0.4) is 0 Å². The summed E-state index contributed by atoms with van der Waals surface area (Å²) in [5.41, 5.74) is 3.93. The first-order valence-electron chi connectivity index (χ1n) is 9.08. The Morgan fingerprint density at radius 1 is 1.08 bits per heavy atom. The fourth-order valence-corrected chi connectivity index (χ4v) is 3.39. The van der Waals surface area contributed by atoms with E-state index in [0.29, 0.717) is 5.92 Å². The summed E-state index contributed by atoms with van der Waals surface area (Å²) in [5, 5.41) is 0. The zero-order chi connectivity index (χ0) is 17.6. The fourth-order valence-electron chi connectivity index (χ4n) is 3.39. The van der Waals surface area contributed by atoms with Crippen molar-refractivity contribution in [3.05, 3.63) is 66.0 Å². The van der Waals surface area contributed by atoms with Gasteiger partial charge in [0.15, 0.2) is 0 Å². The summed E-state index contributed by atoms with van der Waals surface area (Å²) in [6, 6.07) is 16.3. The highest BCUT2D eigenvalue weighted by molar-refractivity contribution is 5.97. The van der Waals surface area contributed by atoms with Gasteiger partial charge >= 0.3 is 0 Å². The minimum Gasteiger partial charge on any atom is -0.345 e. The first-order chi connectivity index (χ1) is 12.3. The molecule has 1 aliphatic rings. The molecular formula is C21H25N3O. The van der Waals surface area contributed by atoms with Crippen molar-refractivity contribution >= 4 is 16.9 Å². The number of aromatic nitrogens is 2. The number of benzene rings is 2. The predicted octanol–water partition coefficient (Wildman–Crippen LogP) is 4.61. The van der Waals surface area contributed by atoms with Crippen molar-refractivity contribution in [3.8, 4) is 0 Å². The number of likely N-dealkylation sites (tertiary alicyclic amines) is 1. The number of piperidine rings is 1. The summed E-state index contributed by atoms with van der Waals surface area (Å²) in [7, 11) is 0. The largest absolute Gasteiger partial charge is 0.345 e. The van der Waals surface area contributed by atoms with Crippen molar-refractivity contribution in [2.45, 2.75) is 32.6 Å². The number of nitrogens with zero attached hydrogens (tertiary/aromatic N) is 2. The Labute approximate surface area is 148 Å². The molecule has 3 aromatic rings. The molecule has 4 rings (SSSR count). The lowest BCUT2D eigenvalue weighted by molar-refractivity contribution is 0.0713. The lowest BCUT2D eigenvalue weighted by atomic mass is 9.89. The first-order valence-corrected chi connectivity index (χ1v) is 9.08. The molecule has 2 aromatic carbocycles. The Hall–Kier alpha value is -2.62. The molecule has 0 aliphatic carbocycles. The highest BCUT2D eigenvalue weighted by Gasteiger charge is 2.24. The van der Waals surface area contributed by atoms with Crippen LogP contribution in [0.15, 0.2) is 54.9 Å². The summed E-state index contributed by atoms with van der Waals surface area (Å²) in [4.78, 5) is 21.9. The summed E-state index contributed by atoms with van der Waals surface area (Å²) < 4.78 is 0. The van der Waals surface area contributed by atoms with E-state index >= 15 is 0 Å². The Morgan fingerprint density at radius 2 is 1.80 bits per heavy atom. The number of hydrogen-bond acceptors (Lipinski definition) is 2. The maximum atomic E-state index is 12.7. The maximum absolute atomic E-state index is 12.7. The van der Waals surface area contributed by atoms with Crippen LogP contribution in [0.4, 0.5) is 0 Å². The van der Waals surface area contributed by atoms with Gasteiger partial charge in [0, 0.05) is 18.7 Å². The molecule has 2 heterocycles. The van der Waals surface area contributed by atoms with Gasteiger partial charge in [-0.3, -0.25) is 4.79 Å². The monoisotopic (exact) mass is 335 g/mol. The molecule has 4 heteroatoms. The number of imidazole rings is 1. The van der Waals surface area contributed by atoms with E-state index in [1.165, 1.54) is 5.56 Å². The number of amides is 1. The van der Waals surface area contributed by atoms with E-state index < -0.39 is 0 Å². The van der Waals surface area contributed by atoms with Crippen molar-refractivity contribution in [3.63, 3.8) is 0 Å². The topological polar surface area (TPSA) is 49.0 Å². The third kappa shape index (κ3) is 3.73. The zero-order valence-electron chi connectivity index (χ0n) is 14.9. The molecule has 130 valence electrons. The highest BCUT2D eigenvalue weighted by Crippen LogP contribution is 2.28. The first kappa shape index (κ1) is 17.2. The van der Waals surface area contributed by atoms with Crippen LogP contribution in [0.25, 0.3) is 11.0 Å². The minimum atomic E-state index is 0.119. The van der Waals surface area contributed by atoms with Gasteiger partial charge in [-0.05, 0) is 42.5 Å². The molecule has 0 saturated carbocycles. The van der Waals surface area contributed by atoms with Crippen LogP contribution in [0, 0.1) is 0 Å². The molecule has 1 aliphatic heterocycles. The van der Waals surface area contributed by atoms with E-state index in [4.69, 9.17) is 0 Å². The fraction of sp³-hybridized carbons (Fsp3) is 0.333. The molecule has 0 unspecified atom stereocenters. The number of carbonyl (C=O) groups excluding carboxylic acids is 1. The third-order valence-electron chi connectivity index (χ3n) is 4.72. The van der Waals surface area contributed by atoms with Crippen LogP contribution < -0.4 is 0 Å². The molecule has 1 fully saturated rings. The molecular weight excluding hydrogens is 310 g/mol. The number of nitrogens with one attached hydrogen (secondary N) is 1. The smallest absolute Gasteiger partial charge is 0.253 e. The van der Waals surface area contributed by atoms with Gasteiger partial charge in [-0.2, -0.15) is 0 Å². The van der Waals surface area contributed by atoms with Crippen LogP contribution in [0.5, 0.6) is 0 Å². The highest BCUT2D eigenvalue weighted by atomic mass is 16.2. The summed E-state index contributed by atoms with van der Waals surface area (Å²) in [6.07, 6.45) is 3.72. The number of carbonyl (C=O) groups is 1. The van der Waals surface area contributed by atoms with Gasteiger partial charge in [0.05, 0.1) is 17.4 Å². The average Bonchev–Trinajstić information content (AvgIpc) is 3.17. The molecule has 25 heavy (non-hydrogen) atoms. The average molecular weight is 335 g/mol. The normalized spacial score (nSPS) is 14.9. The second-order valence-corrected chi connectivity index (χ2v) is 6.11. The van der Waals surface area contributed by atoms with E-state index in [1.54, 1.807) is 6.33 Å². The van der Waals surface area contributed by atoms with Gasteiger partial charge in [0.25, 0.3) is 5.91 Å². The molecule has 0 bridgehead atoms. The molecule has 0 spiro atoms. The summed E-state index contributed by atoms with van der Waals surface area (Å²) >= 11 is 0. The number of rotatable bonds is 2. The van der Waals surface area contributed by atoms with Crippen molar-refractivity contribution < 1.29 is 4.79 Å². The van der Waals surface area contributed by atoms with E-state index in [-0.39, 0.29) is 5.91 Å². The van der Waals surface area contributed by atoms with Crippen LogP contribution >= 0.6 is 0 Å². The van der Waals surface area contributed by atoms with Crippen LogP contribution in [0.1, 0.15) is 48.5 Å². The molecule has 4 nitrogen and oxygen atoms in total.